The predicted octanol–water partition coefficient (Wildman–Crippen LogP) is 5.26. The fourth-order valence-corrected chi connectivity index (χ4v) is 3.14. The van der Waals surface area contributed by atoms with Crippen molar-refractivity contribution in [3.8, 4) is 17.1 Å². The van der Waals surface area contributed by atoms with Crippen LogP contribution in [0.15, 0.2) is 28.8 Å². The summed E-state index contributed by atoms with van der Waals surface area (Å²) in [5.74, 6) is 0.166. The predicted molar refractivity (Wildman–Crippen MR) is 117 cm³/mol. The molecule has 2 N–H and O–H groups in total. The Balaban J connectivity index is 0.000000479. The monoisotopic (exact) mass is 471 g/mol. The lowest BCUT2D eigenvalue weighted by Crippen LogP contribution is -2.43. The van der Waals surface area contributed by atoms with Gasteiger partial charge in [-0.2, -0.15) is 18.2 Å². The van der Waals surface area contributed by atoms with Crippen LogP contribution in [0.1, 0.15) is 57.8 Å². The van der Waals surface area contributed by atoms with Gasteiger partial charge in [0.25, 0.3) is 0 Å². The highest BCUT2D eigenvalue weighted by Gasteiger charge is 2.38. The van der Waals surface area contributed by atoms with Crippen molar-refractivity contribution in [2.45, 2.75) is 64.5 Å². The summed E-state index contributed by atoms with van der Waals surface area (Å²) in [6.07, 6.45) is 4.87. The standard InChI is InChI=1S/C21H31N3O2.C2HF3O2/c1-2-3-4-5-6-7-8-13-25-19-11-9-18(10-12-19)21-23-20(26-24-21)14-17-15-22-16-17;3-2(4,5)1(6)7/h9-12,17,22H,2-8,13-16H2,1H3;(H,6,7). The van der Waals surface area contributed by atoms with E-state index in [0.29, 0.717) is 11.7 Å². The van der Waals surface area contributed by atoms with Gasteiger partial charge in [-0.3, -0.25) is 0 Å². The minimum absolute atomic E-state index is 0.630. The van der Waals surface area contributed by atoms with Crippen LogP contribution in [-0.2, 0) is 11.2 Å². The Morgan fingerprint density at radius 1 is 1.12 bits per heavy atom. The average molecular weight is 472 g/mol. The zero-order valence-electron chi connectivity index (χ0n) is 18.9. The lowest BCUT2D eigenvalue weighted by Gasteiger charge is -2.25. The molecular weight excluding hydrogens is 439 g/mol. The molecule has 10 heteroatoms. The highest BCUT2D eigenvalue weighted by molar-refractivity contribution is 5.73. The molecular formula is C23H32F3N3O4. The number of ether oxygens (including phenoxy) is 1. The fourth-order valence-electron chi connectivity index (χ4n) is 3.14. The van der Waals surface area contributed by atoms with Crippen LogP contribution in [0.25, 0.3) is 11.4 Å². The molecule has 0 radical (unpaired) electrons. The summed E-state index contributed by atoms with van der Waals surface area (Å²) in [5.41, 5.74) is 0.968. The van der Waals surface area contributed by atoms with Gasteiger partial charge in [0.15, 0.2) is 0 Å². The molecule has 3 rings (SSSR count). The Kier molecular flexibility index (Phi) is 11.2. The van der Waals surface area contributed by atoms with Gasteiger partial charge in [-0.15, -0.1) is 0 Å². The molecule has 33 heavy (non-hydrogen) atoms. The summed E-state index contributed by atoms with van der Waals surface area (Å²) >= 11 is 0. The van der Waals surface area contributed by atoms with Crippen LogP contribution in [0.2, 0.25) is 0 Å². The highest BCUT2D eigenvalue weighted by Crippen LogP contribution is 2.21. The fraction of sp³-hybridized carbons (Fsp3) is 0.609. The third-order valence-corrected chi connectivity index (χ3v) is 5.17. The van der Waals surface area contributed by atoms with Crippen LogP contribution in [-0.4, -0.2) is 47.1 Å². The molecule has 0 aliphatic carbocycles. The number of alkyl halides is 3. The third kappa shape index (κ3) is 10.2. The molecule has 0 amide bonds. The Morgan fingerprint density at radius 2 is 1.73 bits per heavy atom. The van der Waals surface area contributed by atoms with Crippen molar-refractivity contribution < 1.29 is 32.3 Å². The second-order valence-electron chi connectivity index (χ2n) is 8.04. The minimum atomic E-state index is -5.08. The van der Waals surface area contributed by atoms with Crippen LogP contribution in [0, 0.1) is 5.92 Å². The summed E-state index contributed by atoms with van der Waals surface area (Å²) in [6.45, 7) is 5.13. The lowest BCUT2D eigenvalue weighted by molar-refractivity contribution is -0.192. The largest absolute Gasteiger partial charge is 0.494 e. The Labute approximate surface area is 191 Å². The highest BCUT2D eigenvalue weighted by atomic mass is 19.4. The van der Waals surface area contributed by atoms with E-state index in [4.69, 9.17) is 19.2 Å². The van der Waals surface area contributed by atoms with E-state index in [-0.39, 0.29) is 0 Å². The van der Waals surface area contributed by atoms with Crippen LogP contribution >= 0.6 is 0 Å². The average Bonchev–Trinajstić information content (AvgIpc) is 3.22. The maximum atomic E-state index is 10.6. The smallest absolute Gasteiger partial charge is 0.490 e. The second kappa shape index (κ2) is 13.8. The maximum Gasteiger partial charge on any atom is 0.490 e. The number of carbonyl (C=O) groups is 1. The number of carboxylic acid groups (broad SMARTS) is 1. The number of unbranched alkanes of at least 4 members (excludes halogenated alkanes) is 6. The summed E-state index contributed by atoms with van der Waals surface area (Å²) in [7, 11) is 0. The van der Waals surface area contributed by atoms with Gasteiger partial charge in [0, 0.05) is 12.0 Å². The number of nitrogens with zero attached hydrogens (tertiary/aromatic N) is 2. The van der Waals surface area contributed by atoms with Gasteiger partial charge in [0.05, 0.1) is 6.61 Å². The minimum Gasteiger partial charge on any atom is -0.494 e. The maximum absolute atomic E-state index is 10.6. The van der Waals surface area contributed by atoms with E-state index in [2.05, 4.69) is 22.4 Å². The zero-order chi connectivity index (χ0) is 24.1. The zero-order valence-corrected chi connectivity index (χ0v) is 18.9. The molecule has 0 saturated carbocycles. The number of halogens is 3. The molecule has 0 atom stereocenters. The van der Waals surface area contributed by atoms with E-state index in [1.54, 1.807) is 0 Å². The van der Waals surface area contributed by atoms with E-state index >= 15 is 0 Å². The molecule has 1 aliphatic rings. The molecule has 1 aromatic heterocycles. The van der Waals surface area contributed by atoms with Gasteiger partial charge < -0.3 is 19.7 Å². The van der Waals surface area contributed by atoms with Crippen molar-refractivity contribution in [2.24, 2.45) is 5.92 Å². The number of aromatic nitrogens is 2. The quantitative estimate of drug-likeness (QED) is 0.408. The molecule has 2 heterocycles. The van der Waals surface area contributed by atoms with Crippen LogP contribution in [0.3, 0.4) is 0 Å². The van der Waals surface area contributed by atoms with Crippen molar-refractivity contribution in [2.75, 3.05) is 19.7 Å². The number of benzene rings is 1. The Bertz CT molecular complexity index is 821. The van der Waals surface area contributed by atoms with Crippen LogP contribution in [0.4, 0.5) is 13.2 Å². The van der Waals surface area contributed by atoms with Crippen molar-refractivity contribution in [3.05, 3.63) is 30.2 Å². The number of nitrogens with one attached hydrogen (secondary N) is 1. The Morgan fingerprint density at radius 3 is 2.27 bits per heavy atom. The van der Waals surface area contributed by atoms with Gasteiger partial charge in [0.1, 0.15) is 5.75 Å². The van der Waals surface area contributed by atoms with Gasteiger partial charge >= 0.3 is 12.1 Å². The van der Waals surface area contributed by atoms with Gasteiger partial charge in [-0.05, 0) is 49.7 Å². The topological polar surface area (TPSA) is 97.5 Å². The van der Waals surface area contributed by atoms with Crippen molar-refractivity contribution in [3.63, 3.8) is 0 Å². The SMILES string of the molecule is CCCCCCCCCOc1ccc(-c2noc(CC3CNC3)n2)cc1.O=C(O)C(F)(F)F. The number of carboxylic acids is 1. The summed E-state index contributed by atoms with van der Waals surface area (Å²) < 4.78 is 42.9. The first-order valence-electron chi connectivity index (χ1n) is 11.4. The Hall–Kier alpha value is -2.62. The molecule has 1 saturated heterocycles. The van der Waals surface area contributed by atoms with E-state index in [0.717, 1.165) is 49.7 Å². The molecule has 0 bridgehead atoms. The molecule has 184 valence electrons. The summed E-state index contributed by atoms with van der Waals surface area (Å²) in [6, 6.07) is 7.98. The first kappa shape index (κ1) is 26.6. The molecule has 1 fully saturated rings. The van der Waals surface area contributed by atoms with E-state index in [9.17, 15) is 13.2 Å². The summed E-state index contributed by atoms with van der Waals surface area (Å²) in [4.78, 5) is 13.4. The lowest BCUT2D eigenvalue weighted by atomic mass is 10.00. The first-order chi connectivity index (χ1) is 15.8. The molecule has 0 spiro atoms. The first-order valence-corrected chi connectivity index (χ1v) is 11.4. The van der Waals surface area contributed by atoms with Crippen molar-refractivity contribution in [1.82, 2.24) is 15.5 Å². The van der Waals surface area contributed by atoms with Gasteiger partial charge in [-0.25, -0.2) is 4.79 Å². The normalized spacial score (nSPS) is 13.7. The third-order valence-electron chi connectivity index (χ3n) is 5.17. The number of aliphatic carboxylic acids is 1. The second-order valence-corrected chi connectivity index (χ2v) is 8.04. The van der Waals surface area contributed by atoms with Gasteiger partial charge in [-0.1, -0.05) is 50.6 Å². The molecule has 7 nitrogen and oxygen atoms in total. The molecule has 1 aliphatic heterocycles. The van der Waals surface area contributed by atoms with E-state index in [1.807, 2.05) is 24.3 Å². The number of rotatable bonds is 12. The molecule has 1 aromatic carbocycles. The van der Waals surface area contributed by atoms with Crippen LogP contribution in [0.5, 0.6) is 5.75 Å². The van der Waals surface area contributed by atoms with Crippen molar-refractivity contribution in [1.29, 1.82) is 0 Å². The molecule has 0 unspecified atom stereocenters. The number of hydrogen-bond donors (Lipinski definition) is 2. The van der Waals surface area contributed by atoms with Gasteiger partial charge in [0.2, 0.25) is 11.7 Å². The van der Waals surface area contributed by atoms with Crippen LogP contribution < -0.4 is 10.1 Å². The van der Waals surface area contributed by atoms with E-state index in [1.165, 1.54) is 38.5 Å². The van der Waals surface area contributed by atoms with Crippen molar-refractivity contribution >= 4 is 5.97 Å². The summed E-state index contributed by atoms with van der Waals surface area (Å²) in [5, 5.41) is 14.5. The molecule has 2 aromatic rings. The van der Waals surface area contributed by atoms with E-state index < -0.39 is 12.1 Å². The number of hydrogen-bond acceptors (Lipinski definition) is 6.